The van der Waals surface area contributed by atoms with Crippen molar-refractivity contribution in [3.05, 3.63) is 16.6 Å². The highest BCUT2D eigenvalue weighted by molar-refractivity contribution is 5.22. The molecule has 1 rings (SSSR count). The Bertz CT molecular complexity index is 266. The molecule has 0 fully saturated rings. The van der Waals surface area contributed by atoms with Crippen LogP contribution in [-0.4, -0.2) is 29.3 Å². The molecule has 0 bridgehead atoms. The van der Waals surface area contributed by atoms with Gasteiger partial charge < -0.3 is 4.90 Å². The van der Waals surface area contributed by atoms with Gasteiger partial charge in [-0.1, -0.05) is 0 Å². The second-order valence-electron chi connectivity index (χ2n) is 2.05. The molecule has 1 aromatic heterocycles. The van der Waals surface area contributed by atoms with Crippen molar-refractivity contribution in [2.24, 2.45) is 0 Å². The van der Waals surface area contributed by atoms with Crippen molar-refractivity contribution < 1.29 is 0 Å². The Hall–Kier alpha value is -1.39. The Morgan fingerprint density at radius 1 is 1.60 bits per heavy atom. The zero-order valence-corrected chi connectivity index (χ0v) is 5.83. The van der Waals surface area contributed by atoms with Crippen molar-refractivity contribution >= 4 is 5.95 Å². The molecule has 0 amide bonds. The maximum absolute atomic E-state index is 10.6. The molecule has 5 heteroatoms. The highest BCUT2D eigenvalue weighted by Crippen LogP contribution is 1.91. The molecular formula is C5H8N4O. The molecule has 0 atom stereocenters. The molecule has 1 aromatic rings. The van der Waals surface area contributed by atoms with Crippen molar-refractivity contribution in [3.63, 3.8) is 0 Å². The molecule has 0 spiro atoms. The second-order valence-corrected chi connectivity index (χ2v) is 2.05. The third kappa shape index (κ3) is 1.31. The molecule has 0 aromatic carbocycles. The molecule has 5 nitrogen and oxygen atoms in total. The van der Waals surface area contributed by atoms with Gasteiger partial charge in [-0.3, -0.25) is 9.78 Å². The van der Waals surface area contributed by atoms with Crippen LogP contribution in [0.4, 0.5) is 5.95 Å². The summed E-state index contributed by atoms with van der Waals surface area (Å²) < 4.78 is 0. The van der Waals surface area contributed by atoms with Crippen LogP contribution in [-0.2, 0) is 0 Å². The monoisotopic (exact) mass is 140 g/mol. The first-order chi connectivity index (χ1) is 4.70. The maximum atomic E-state index is 10.6. The average molecular weight is 140 g/mol. The molecule has 0 radical (unpaired) electrons. The van der Waals surface area contributed by atoms with Crippen LogP contribution in [0.25, 0.3) is 0 Å². The summed E-state index contributed by atoms with van der Waals surface area (Å²) in [5, 5.41) is 7.13. The fourth-order valence-corrected chi connectivity index (χ4v) is 0.505. The lowest BCUT2D eigenvalue weighted by molar-refractivity contribution is 0.888. The van der Waals surface area contributed by atoms with Gasteiger partial charge in [0.05, 0.1) is 0 Å². The van der Waals surface area contributed by atoms with E-state index in [-0.39, 0.29) is 5.56 Å². The first kappa shape index (κ1) is 6.73. The minimum atomic E-state index is -0.237. The van der Waals surface area contributed by atoms with Gasteiger partial charge in [0.15, 0.2) is 0 Å². The van der Waals surface area contributed by atoms with Crippen LogP contribution in [0.2, 0.25) is 0 Å². The number of H-pyrrole nitrogens is 1. The van der Waals surface area contributed by atoms with Crippen molar-refractivity contribution in [1.82, 2.24) is 15.2 Å². The average Bonchev–Trinajstić information content (AvgIpc) is 1.88. The van der Waals surface area contributed by atoms with Crippen molar-refractivity contribution in [2.45, 2.75) is 0 Å². The largest absolute Gasteiger partial charge is 0.347 e. The lowest BCUT2D eigenvalue weighted by Crippen LogP contribution is -2.18. The molecule has 1 heterocycles. The number of nitrogens with one attached hydrogen (secondary N) is 1. The first-order valence-corrected chi connectivity index (χ1v) is 2.79. The number of rotatable bonds is 1. The number of hydrogen-bond donors (Lipinski definition) is 1. The summed E-state index contributed by atoms with van der Waals surface area (Å²) in [6, 6.07) is 0. The first-order valence-electron chi connectivity index (χ1n) is 2.79. The van der Waals surface area contributed by atoms with E-state index in [9.17, 15) is 4.79 Å². The third-order valence-electron chi connectivity index (χ3n) is 0.986. The van der Waals surface area contributed by atoms with Crippen LogP contribution >= 0.6 is 0 Å². The van der Waals surface area contributed by atoms with Crippen molar-refractivity contribution in [1.29, 1.82) is 0 Å². The highest BCUT2D eigenvalue weighted by Gasteiger charge is 1.94. The number of nitrogens with zero attached hydrogens (tertiary/aromatic N) is 3. The predicted octanol–water partition coefficient (Wildman–Crippen LogP) is -0.769. The van der Waals surface area contributed by atoms with Gasteiger partial charge >= 0.3 is 0 Å². The topological polar surface area (TPSA) is 61.9 Å². The molecule has 10 heavy (non-hydrogen) atoms. The van der Waals surface area contributed by atoms with Crippen LogP contribution in [0.3, 0.4) is 0 Å². The van der Waals surface area contributed by atoms with Crippen LogP contribution in [0.15, 0.2) is 11.0 Å². The molecule has 0 unspecified atom stereocenters. The van der Waals surface area contributed by atoms with Crippen molar-refractivity contribution in [2.75, 3.05) is 19.0 Å². The Kier molecular flexibility index (Phi) is 1.66. The van der Waals surface area contributed by atoms with E-state index in [1.807, 2.05) is 0 Å². The summed E-state index contributed by atoms with van der Waals surface area (Å²) in [6.45, 7) is 0. The summed E-state index contributed by atoms with van der Waals surface area (Å²) in [4.78, 5) is 14.8. The quantitative estimate of drug-likeness (QED) is 0.556. The number of aromatic amines is 1. The lowest BCUT2D eigenvalue weighted by Gasteiger charge is -2.07. The van der Waals surface area contributed by atoms with Gasteiger partial charge in [-0.15, -0.1) is 10.2 Å². The maximum Gasteiger partial charge on any atom is 0.271 e. The number of anilines is 1. The number of aromatic nitrogens is 3. The summed E-state index contributed by atoms with van der Waals surface area (Å²) in [5.74, 6) is 0.465. The minimum absolute atomic E-state index is 0.237. The van der Waals surface area contributed by atoms with E-state index in [0.29, 0.717) is 5.95 Å². The van der Waals surface area contributed by atoms with Gasteiger partial charge in [-0.25, -0.2) is 0 Å². The minimum Gasteiger partial charge on any atom is -0.347 e. The Labute approximate surface area is 57.7 Å². The molecule has 0 saturated heterocycles. The van der Waals surface area contributed by atoms with Gasteiger partial charge in [0, 0.05) is 14.1 Å². The summed E-state index contributed by atoms with van der Waals surface area (Å²) in [7, 11) is 3.56. The Morgan fingerprint density at radius 3 is 2.70 bits per heavy atom. The molecule has 0 saturated carbocycles. The van der Waals surface area contributed by atoms with E-state index in [0.717, 1.165) is 6.20 Å². The molecule has 0 aliphatic heterocycles. The van der Waals surface area contributed by atoms with E-state index in [1.165, 1.54) is 0 Å². The van der Waals surface area contributed by atoms with Crippen LogP contribution in [0.1, 0.15) is 0 Å². The second kappa shape index (κ2) is 2.47. The van der Waals surface area contributed by atoms with E-state index in [2.05, 4.69) is 15.2 Å². The van der Waals surface area contributed by atoms with Crippen LogP contribution < -0.4 is 10.5 Å². The zero-order chi connectivity index (χ0) is 7.56. The summed E-state index contributed by atoms with van der Waals surface area (Å²) in [5.41, 5.74) is -0.237. The summed E-state index contributed by atoms with van der Waals surface area (Å²) in [6.07, 6.45) is 1.13. The predicted molar refractivity (Wildman–Crippen MR) is 37.0 cm³/mol. The van der Waals surface area contributed by atoms with Gasteiger partial charge in [0.25, 0.3) is 5.56 Å². The van der Waals surface area contributed by atoms with Crippen LogP contribution in [0, 0.1) is 0 Å². The standard InChI is InChI=1S/C5H8N4O/c1-9(2)5-7-4(10)3-6-8-5/h3H,1-2H3,(H,7,8,10). The van der Waals surface area contributed by atoms with Crippen molar-refractivity contribution in [3.8, 4) is 0 Å². The number of hydrogen-bond acceptors (Lipinski definition) is 4. The SMILES string of the molecule is CN(C)c1nncc(=O)[nH]1. The third-order valence-corrected chi connectivity index (χ3v) is 0.986. The van der Waals surface area contributed by atoms with E-state index in [1.54, 1.807) is 19.0 Å². The van der Waals surface area contributed by atoms with Gasteiger partial charge in [-0.05, 0) is 0 Å². The zero-order valence-electron chi connectivity index (χ0n) is 5.83. The molecule has 0 aliphatic rings. The lowest BCUT2D eigenvalue weighted by atomic mass is 10.8. The smallest absolute Gasteiger partial charge is 0.271 e. The highest BCUT2D eigenvalue weighted by atomic mass is 16.1. The normalized spacial score (nSPS) is 9.40. The van der Waals surface area contributed by atoms with E-state index in [4.69, 9.17) is 0 Å². The van der Waals surface area contributed by atoms with Gasteiger partial charge in [0.1, 0.15) is 6.20 Å². The molecule has 1 N–H and O–H groups in total. The Morgan fingerprint density at radius 2 is 2.30 bits per heavy atom. The Balaban J connectivity index is 3.07. The van der Waals surface area contributed by atoms with E-state index < -0.39 is 0 Å². The van der Waals surface area contributed by atoms with Crippen LogP contribution in [0.5, 0.6) is 0 Å². The van der Waals surface area contributed by atoms with Gasteiger partial charge in [0.2, 0.25) is 5.95 Å². The molecule has 0 aliphatic carbocycles. The molecule has 54 valence electrons. The fraction of sp³-hybridized carbons (Fsp3) is 0.400. The molecular weight excluding hydrogens is 132 g/mol. The summed E-state index contributed by atoms with van der Waals surface area (Å²) >= 11 is 0. The van der Waals surface area contributed by atoms with Gasteiger partial charge in [-0.2, -0.15) is 0 Å². The fourth-order valence-electron chi connectivity index (χ4n) is 0.505. The van der Waals surface area contributed by atoms with E-state index >= 15 is 0 Å².